The van der Waals surface area contributed by atoms with E-state index < -0.39 is 18.0 Å². The van der Waals surface area contributed by atoms with Crippen LogP contribution in [0.25, 0.3) is 0 Å². The van der Waals surface area contributed by atoms with E-state index in [2.05, 4.69) is 10.6 Å². The van der Waals surface area contributed by atoms with Gasteiger partial charge < -0.3 is 20.5 Å². The van der Waals surface area contributed by atoms with Gasteiger partial charge in [-0.2, -0.15) is 0 Å². The van der Waals surface area contributed by atoms with Gasteiger partial charge in [0.25, 0.3) is 5.91 Å². The average molecular weight is 356 g/mol. The van der Waals surface area contributed by atoms with Crippen molar-refractivity contribution in [2.75, 3.05) is 10.6 Å². The van der Waals surface area contributed by atoms with Crippen molar-refractivity contribution in [3.63, 3.8) is 0 Å². The topological polar surface area (TPSA) is 105 Å². The minimum absolute atomic E-state index is 0.00329. The summed E-state index contributed by atoms with van der Waals surface area (Å²) in [6, 6.07) is 12.7. The van der Waals surface area contributed by atoms with Crippen molar-refractivity contribution in [2.24, 2.45) is 0 Å². The van der Waals surface area contributed by atoms with E-state index in [1.54, 1.807) is 36.4 Å². The number of carbonyl (C=O) groups excluding carboxylic acids is 3. The molecule has 136 valence electrons. The summed E-state index contributed by atoms with van der Waals surface area (Å²) < 4.78 is 5.12. The second-order valence-corrected chi connectivity index (χ2v) is 5.72. The molecule has 7 nitrogen and oxygen atoms in total. The molecular formula is C19H20N2O5. The molecule has 0 aromatic heterocycles. The van der Waals surface area contributed by atoms with Gasteiger partial charge in [0, 0.05) is 18.3 Å². The van der Waals surface area contributed by atoms with Crippen LogP contribution in [-0.4, -0.2) is 29.0 Å². The Balaban J connectivity index is 1.85. The summed E-state index contributed by atoms with van der Waals surface area (Å²) in [4.78, 5) is 35.0. The molecule has 0 unspecified atom stereocenters. The number of phenols is 1. The molecule has 0 heterocycles. The summed E-state index contributed by atoms with van der Waals surface area (Å²) >= 11 is 0. The van der Waals surface area contributed by atoms with Crippen molar-refractivity contribution in [3.8, 4) is 5.75 Å². The summed E-state index contributed by atoms with van der Waals surface area (Å²) in [7, 11) is 0. The number of anilines is 2. The number of phenolic OH excluding ortho intramolecular Hbond substituents is 1. The van der Waals surface area contributed by atoms with Crippen molar-refractivity contribution in [2.45, 2.75) is 26.4 Å². The van der Waals surface area contributed by atoms with Gasteiger partial charge in [0.2, 0.25) is 5.91 Å². The van der Waals surface area contributed by atoms with Crippen LogP contribution in [0.3, 0.4) is 0 Å². The number of carbonyl (C=O) groups is 3. The van der Waals surface area contributed by atoms with Gasteiger partial charge in [0.05, 0.1) is 6.42 Å². The lowest BCUT2D eigenvalue weighted by molar-refractivity contribution is -0.152. The quantitative estimate of drug-likeness (QED) is 0.690. The molecule has 2 amide bonds. The summed E-state index contributed by atoms with van der Waals surface area (Å²) in [6.45, 7) is 2.89. The van der Waals surface area contributed by atoms with Gasteiger partial charge in [-0.05, 0) is 48.9 Å². The second-order valence-electron chi connectivity index (χ2n) is 5.72. The highest BCUT2D eigenvalue weighted by atomic mass is 16.5. The van der Waals surface area contributed by atoms with Crippen LogP contribution in [0.4, 0.5) is 11.4 Å². The third-order valence-electron chi connectivity index (χ3n) is 3.44. The molecule has 0 aliphatic carbocycles. The Kier molecular flexibility index (Phi) is 6.32. The Morgan fingerprint density at radius 2 is 1.50 bits per heavy atom. The third kappa shape index (κ3) is 5.94. The maximum absolute atomic E-state index is 12.1. The van der Waals surface area contributed by atoms with Crippen LogP contribution in [0.2, 0.25) is 0 Å². The molecule has 0 aliphatic rings. The Hall–Kier alpha value is -3.35. The molecule has 0 saturated carbocycles. The molecule has 7 heteroatoms. The molecule has 2 rings (SSSR count). The summed E-state index contributed by atoms with van der Waals surface area (Å²) in [6.07, 6.45) is -0.960. The number of hydrogen-bond donors (Lipinski definition) is 3. The summed E-state index contributed by atoms with van der Waals surface area (Å²) in [5.74, 6) is -1.08. The first-order valence-corrected chi connectivity index (χ1v) is 7.99. The van der Waals surface area contributed by atoms with Gasteiger partial charge in [0.15, 0.2) is 6.10 Å². The monoisotopic (exact) mass is 356 g/mol. The molecule has 1 atom stereocenters. The SMILES string of the molecule is CC(=O)Nc1ccc(NC(=O)[C@H](C)OC(=O)Cc2ccc(O)cc2)cc1. The highest BCUT2D eigenvalue weighted by molar-refractivity contribution is 5.95. The first-order valence-electron chi connectivity index (χ1n) is 7.99. The van der Waals surface area contributed by atoms with Gasteiger partial charge in [0.1, 0.15) is 5.75 Å². The van der Waals surface area contributed by atoms with Crippen LogP contribution in [0.5, 0.6) is 5.75 Å². The number of esters is 1. The molecule has 0 fully saturated rings. The normalized spacial score (nSPS) is 11.3. The van der Waals surface area contributed by atoms with E-state index in [0.29, 0.717) is 16.9 Å². The predicted molar refractivity (Wildman–Crippen MR) is 96.7 cm³/mol. The van der Waals surface area contributed by atoms with E-state index in [4.69, 9.17) is 4.74 Å². The molecule has 2 aromatic carbocycles. The first-order chi connectivity index (χ1) is 12.3. The molecule has 0 bridgehead atoms. The van der Waals surface area contributed by atoms with Gasteiger partial charge >= 0.3 is 5.97 Å². The predicted octanol–water partition coefficient (Wildman–Crippen LogP) is 2.46. The lowest BCUT2D eigenvalue weighted by Gasteiger charge is -2.14. The number of nitrogens with one attached hydrogen (secondary N) is 2. The first kappa shape index (κ1) is 19.0. The van der Waals surface area contributed by atoms with Crippen LogP contribution in [0.1, 0.15) is 19.4 Å². The zero-order chi connectivity index (χ0) is 19.1. The Morgan fingerprint density at radius 1 is 0.962 bits per heavy atom. The molecule has 0 spiro atoms. The van der Waals surface area contributed by atoms with Crippen molar-refractivity contribution in [1.29, 1.82) is 0 Å². The van der Waals surface area contributed by atoms with Gasteiger partial charge in [-0.25, -0.2) is 0 Å². The molecule has 0 aliphatic heterocycles. The minimum atomic E-state index is -0.963. The van der Waals surface area contributed by atoms with Crippen molar-refractivity contribution in [3.05, 3.63) is 54.1 Å². The third-order valence-corrected chi connectivity index (χ3v) is 3.44. The van der Waals surface area contributed by atoms with Crippen LogP contribution >= 0.6 is 0 Å². The number of hydrogen-bond acceptors (Lipinski definition) is 5. The number of ether oxygens (including phenoxy) is 1. The van der Waals surface area contributed by atoms with Crippen LogP contribution in [0.15, 0.2) is 48.5 Å². The summed E-state index contributed by atoms with van der Waals surface area (Å²) in [5.41, 5.74) is 1.81. The average Bonchev–Trinajstić information content (AvgIpc) is 2.58. The van der Waals surface area contributed by atoms with E-state index in [1.807, 2.05) is 0 Å². The van der Waals surface area contributed by atoms with E-state index in [-0.39, 0.29) is 18.1 Å². The highest BCUT2D eigenvalue weighted by Gasteiger charge is 2.18. The Bertz CT molecular complexity index is 785. The van der Waals surface area contributed by atoms with Gasteiger partial charge in [-0.1, -0.05) is 12.1 Å². The number of amides is 2. The molecule has 26 heavy (non-hydrogen) atoms. The molecular weight excluding hydrogens is 336 g/mol. The van der Waals surface area contributed by atoms with Crippen LogP contribution in [0, 0.1) is 0 Å². The number of benzene rings is 2. The molecule has 0 radical (unpaired) electrons. The van der Waals surface area contributed by atoms with Crippen molar-refractivity contribution in [1.82, 2.24) is 0 Å². The van der Waals surface area contributed by atoms with E-state index in [0.717, 1.165) is 0 Å². The van der Waals surface area contributed by atoms with Crippen molar-refractivity contribution >= 4 is 29.2 Å². The number of rotatable bonds is 6. The van der Waals surface area contributed by atoms with E-state index in [1.165, 1.54) is 26.0 Å². The maximum atomic E-state index is 12.1. The fraction of sp³-hybridized carbons (Fsp3) is 0.211. The van der Waals surface area contributed by atoms with Gasteiger partial charge in [-0.3, -0.25) is 14.4 Å². The molecule has 3 N–H and O–H groups in total. The number of aromatic hydroxyl groups is 1. The van der Waals surface area contributed by atoms with Crippen molar-refractivity contribution < 1.29 is 24.2 Å². The summed E-state index contributed by atoms with van der Waals surface area (Å²) in [5, 5.41) is 14.5. The largest absolute Gasteiger partial charge is 0.508 e. The smallest absolute Gasteiger partial charge is 0.311 e. The van der Waals surface area contributed by atoms with Gasteiger partial charge in [-0.15, -0.1) is 0 Å². The standard InChI is InChI=1S/C19H20N2O5/c1-12(26-18(24)11-14-3-9-17(23)10-4-14)19(25)21-16-7-5-15(6-8-16)20-13(2)22/h3-10,12,23H,11H2,1-2H3,(H,20,22)(H,21,25)/t12-/m0/s1. The fourth-order valence-electron chi connectivity index (χ4n) is 2.16. The lowest BCUT2D eigenvalue weighted by atomic mass is 10.1. The van der Waals surface area contributed by atoms with Crippen LogP contribution < -0.4 is 10.6 Å². The highest BCUT2D eigenvalue weighted by Crippen LogP contribution is 2.14. The Morgan fingerprint density at radius 3 is 2.04 bits per heavy atom. The van der Waals surface area contributed by atoms with Crippen LogP contribution in [-0.2, 0) is 25.5 Å². The molecule has 0 saturated heterocycles. The zero-order valence-corrected chi connectivity index (χ0v) is 14.5. The fourth-order valence-corrected chi connectivity index (χ4v) is 2.16. The van der Waals surface area contributed by atoms with E-state index in [9.17, 15) is 19.5 Å². The zero-order valence-electron chi connectivity index (χ0n) is 14.5. The maximum Gasteiger partial charge on any atom is 0.311 e. The minimum Gasteiger partial charge on any atom is -0.508 e. The lowest BCUT2D eigenvalue weighted by Crippen LogP contribution is -2.30. The second kappa shape index (κ2) is 8.66. The Labute approximate surface area is 151 Å². The van der Waals surface area contributed by atoms with E-state index >= 15 is 0 Å². The molecule has 2 aromatic rings.